The van der Waals surface area contributed by atoms with E-state index in [0.29, 0.717) is 0 Å². The average molecular weight is 272 g/mol. The van der Waals surface area contributed by atoms with Crippen LogP contribution in [-0.4, -0.2) is 14.8 Å². The van der Waals surface area contributed by atoms with Gasteiger partial charge in [-0.15, -0.1) is 11.3 Å². The highest BCUT2D eigenvalue weighted by molar-refractivity contribution is 9.10. The topological polar surface area (TPSA) is 30.7 Å². The van der Waals surface area contributed by atoms with E-state index in [0.717, 1.165) is 23.1 Å². The fourth-order valence-corrected chi connectivity index (χ4v) is 2.24. The summed E-state index contributed by atoms with van der Waals surface area (Å²) in [5.41, 5.74) is 1.09. The first-order valence-electron chi connectivity index (χ1n) is 4.39. The van der Waals surface area contributed by atoms with Crippen LogP contribution in [-0.2, 0) is 13.0 Å². The molecule has 0 amide bonds. The summed E-state index contributed by atoms with van der Waals surface area (Å²) in [7, 11) is 0. The Labute approximate surface area is 94.9 Å². The van der Waals surface area contributed by atoms with Gasteiger partial charge in [-0.05, 0) is 22.4 Å². The molecule has 0 N–H and O–H groups in total. The van der Waals surface area contributed by atoms with Gasteiger partial charge in [0.1, 0.15) is 0 Å². The number of aromatic nitrogens is 3. The average Bonchev–Trinajstić information content (AvgIpc) is 2.76. The Bertz CT molecular complexity index is 421. The van der Waals surface area contributed by atoms with Crippen LogP contribution in [0, 0.1) is 0 Å². The molecule has 3 nitrogen and oxygen atoms in total. The van der Waals surface area contributed by atoms with Gasteiger partial charge in [-0.3, -0.25) is 4.68 Å². The molecule has 0 spiro atoms. The molecule has 0 aliphatic heterocycles. The van der Waals surface area contributed by atoms with Gasteiger partial charge in [-0.25, -0.2) is 4.98 Å². The van der Waals surface area contributed by atoms with E-state index in [4.69, 9.17) is 0 Å². The summed E-state index contributed by atoms with van der Waals surface area (Å²) in [4.78, 5) is 4.48. The quantitative estimate of drug-likeness (QED) is 0.860. The maximum absolute atomic E-state index is 4.48. The largest absolute Gasteiger partial charge is 0.266 e. The highest BCUT2D eigenvalue weighted by Gasteiger charge is 2.02. The minimum atomic E-state index is 0.752. The van der Waals surface area contributed by atoms with Crippen molar-refractivity contribution < 1.29 is 0 Å². The van der Waals surface area contributed by atoms with Crippen molar-refractivity contribution in [2.45, 2.75) is 19.9 Å². The van der Waals surface area contributed by atoms with E-state index in [1.165, 1.54) is 5.01 Å². The number of hydrogen-bond donors (Lipinski definition) is 0. The number of thiazole rings is 1. The summed E-state index contributed by atoms with van der Waals surface area (Å²) in [5, 5.41) is 7.46. The van der Waals surface area contributed by atoms with Gasteiger partial charge in [0, 0.05) is 11.6 Å². The molecule has 5 heteroatoms. The van der Waals surface area contributed by atoms with Crippen LogP contribution < -0.4 is 0 Å². The van der Waals surface area contributed by atoms with Crippen LogP contribution in [0.5, 0.6) is 0 Å². The lowest BCUT2D eigenvalue weighted by Gasteiger charge is -1.95. The predicted molar refractivity (Wildman–Crippen MR) is 60.5 cm³/mol. The predicted octanol–water partition coefficient (Wildman–Crippen LogP) is 2.71. The van der Waals surface area contributed by atoms with Crippen molar-refractivity contribution in [2.24, 2.45) is 0 Å². The van der Waals surface area contributed by atoms with Crippen molar-refractivity contribution >= 4 is 27.3 Å². The van der Waals surface area contributed by atoms with E-state index in [9.17, 15) is 0 Å². The smallest absolute Gasteiger partial charge is 0.0926 e. The lowest BCUT2D eigenvalue weighted by molar-refractivity contribution is 0.674. The van der Waals surface area contributed by atoms with Crippen LogP contribution in [0.25, 0.3) is 0 Å². The van der Waals surface area contributed by atoms with Crippen molar-refractivity contribution in [3.05, 3.63) is 32.9 Å². The Balaban J connectivity index is 2.10. The maximum atomic E-state index is 4.48. The molecular weight excluding hydrogens is 262 g/mol. The zero-order chi connectivity index (χ0) is 9.97. The molecule has 2 rings (SSSR count). The van der Waals surface area contributed by atoms with E-state index >= 15 is 0 Å². The zero-order valence-corrected chi connectivity index (χ0v) is 10.2. The van der Waals surface area contributed by atoms with Gasteiger partial charge in [0.2, 0.25) is 0 Å². The van der Waals surface area contributed by atoms with E-state index in [-0.39, 0.29) is 0 Å². The SMILES string of the molecule is CCc1nc(Cn2cc(Br)cn2)cs1. The molecule has 0 saturated heterocycles. The third kappa shape index (κ3) is 2.22. The van der Waals surface area contributed by atoms with Gasteiger partial charge in [0.05, 0.1) is 27.9 Å². The monoisotopic (exact) mass is 271 g/mol. The molecule has 0 aromatic carbocycles. The normalized spacial score (nSPS) is 10.7. The lowest BCUT2D eigenvalue weighted by atomic mass is 10.4. The molecule has 0 atom stereocenters. The summed E-state index contributed by atoms with van der Waals surface area (Å²) in [6.07, 6.45) is 4.74. The lowest BCUT2D eigenvalue weighted by Crippen LogP contribution is -2.00. The molecule has 2 aromatic heterocycles. The van der Waals surface area contributed by atoms with E-state index in [2.05, 4.69) is 38.3 Å². The summed E-state index contributed by atoms with van der Waals surface area (Å²) < 4.78 is 2.88. The molecule has 2 heterocycles. The van der Waals surface area contributed by atoms with Gasteiger partial charge in [0.25, 0.3) is 0 Å². The van der Waals surface area contributed by atoms with Crippen molar-refractivity contribution in [1.82, 2.24) is 14.8 Å². The summed E-state index contributed by atoms with van der Waals surface area (Å²) in [6.45, 7) is 2.87. The highest BCUT2D eigenvalue weighted by Crippen LogP contribution is 2.12. The second-order valence-corrected chi connectivity index (χ2v) is 4.80. The molecule has 0 saturated carbocycles. The third-order valence-corrected chi connectivity index (χ3v) is 3.28. The molecular formula is C9H10BrN3S. The number of nitrogens with zero attached hydrogens (tertiary/aromatic N) is 3. The first kappa shape index (κ1) is 9.86. The molecule has 2 aromatic rings. The first-order chi connectivity index (χ1) is 6.78. The zero-order valence-electron chi connectivity index (χ0n) is 7.77. The second-order valence-electron chi connectivity index (χ2n) is 2.94. The molecule has 0 unspecified atom stereocenters. The minimum absolute atomic E-state index is 0.752. The Morgan fingerprint density at radius 3 is 3.00 bits per heavy atom. The Morgan fingerprint density at radius 2 is 2.43 bits per heavy atom. The van der Waals surface area contributed by atoms with Crippen LogP contribution >= 0.6 is 27.3 Å². The highest BCUT2D eigenvalue weighted by atomic mass is 79.9. The van der Waals surface area contributed by atoms with Gasteiger partial charge in [0.15, 0.2) is 0 Å². The number of hydrogen-bond acceptors (Lipinski definition) is 3. The van der Waals surface area contributed by atoms with Crippen molar-refractivity contribution in [3.63, 3.8) is 0 Å². The maximum Gasteiger partial charge on any atom is 0.0926 e. The molecule has 0 aliphatic carbocycles. The molecule has 0 fully saturated rings. The van der Waals surface area contributed by atoms with Crippen LogP contribution in [0.4, 0.5) is 0 Å². The Hall–Kier alpha value is -0.680. The summed E-state index contributed by atoms with van der Waals surface area (Å²) >= 11 is 5.07. The molecule has 74 valence electrons. The second kappa shape index (κ2) is 4.23. The fraction of sp³-hybridized carbons (Fsp3) is 0.333. The number of aryl methyl sites for hydroxylation is 1. The minimum Gasteiger partial charge on any atom is -0.266 e. The third-order valence-electron chi connectivity index (χ3n) is 1.83. The standard InChI is InChI=1S/C9H10BrN3S/c1-2-9-12-8(6-14-9)5-13-4-7(10)3-11-13/h3-4,6H,2,5H2,1H3. The molecule has 14 heavy (non-hydrogen) atoms. The van der Waals surface area contributed by atoms with Crippen LogP contribution in [0.3, 0.4) is 0 Å². The van der Waals surface area contributed by atoms with E-state index in [1.807, 2.05) is 10.9 Å². The van der Waals surface area contributed by atoms with Gasteiger partial charge < -0.3 is 0 Å². The number of rotatable bonds is 3. The first-order valence-corrected chi connectivity index (χ1v) is 6.06. The molecule has 0 bridgehead atoms. The van der Waals surface area contributed by atoms with Crippen LogP contribution in [0.2, 0.25) is 0 Å². The van der Waals surface area contributed by atoms with Crippen molar-refractivity contribution in [2.75, 3.05) is 0 Å². The van der Waals surface area contributed by atoms with Crippen molar-refractivity contribution in [3.8, 4) is 0 Å². The Kier molecular flexibility index (Phi) is 2.98. The summed E-state index contributed by atoms with van der Waals surface area (Å²) in [5.74, 6) is 0. The molecule has 0 radical (unpaired) electrons. The van der Waals surface area contributed by atoms with Gasteiger partial charge in [-0.2, -0.15) is 5.10 Å². The van der Waals surface area contributed by atoms with E-state index in [1.54, 1.807) is 17.5 Å². The number of halogens is 1. The van der Waals surface area contributed by atoms with Crippen molar-refractivity contribution in [1.29, 1.82) is 0 Å². The van der Waals surface area contributed by atoms with Gasteiger partial charge >= 0.3 is 0 Å². The van der Waals surface area contributed by atoms with Gasteiger partial charge in [-0.1, -0.05) is 6.92 Å². The Morgan fingerprint density at radius 1 is 1.57 bits per heavy atom. The van der Waals surface area contributed by atoms with E-state index < -0.39 is 0 Å². The summed E-state index contributed by atoms with van der Waals surface area (Å²) in [6, 6.07) is 0. The van der Waals surface area contributed by atoms with Crippen LogP contribution in [0.1, 0.15) is 17.6 Å². The molecule has 0 aliphatic rings. The fourth-order valence-electron chi connectivity index (χ4n) is 1.17. The van der Waals surface area contributed by atoms with Crippen LogP contribution in [0.15, 0.2) is 22.2 Å².